The molecule has 0 aliphatic carbocycles. The average Bonchev–Trinajstić information content (AvgIpc) is 2.49. The third-order valence-corrected chi connectivity index (χ3v) is 3.77. The van der Waals surface area contributed by atoms with Crippen molar-refractivity contribution < 1.29 is 14.2 Å². The molecular formula is C16H25NO3. The first-order chi connectivity index (χ1) is 9.70. The van der Waals surface area contributed by atoms with Crippen molar-refractivity contribution in [3.63, 3.8) is 0 Å². The summed E-state index contributed by atoms with van der Waals surface area (Å²) in [4.78, 5) is 0. The smallest absolute Gasteiger partial charge is 0.118 e. The zero-order valence-corrected chi connectivity index (χ0v) is 12.4. The Hall–Kier alpha value is -1.10. The van der Waals surface area contributed by atoms with E-state index in [0.29, 0.717) is 5.92 Å². The lowest BCUT2D eigenvalue weighted by atomic mass is 10.0. The second kappa shape index (κ2) is 7.62. The Labute approximate surface area is 121 Å². The van der Waals surface area contributed by atoms with Gasteiger partial charge in [-0.1, -0.05) is 12.1 Å². The van der Waals surface area contributed by atoms with Crippen LogP contribution in [0.15, 0.2) is 24.3 Å². The van der Waals surface area contributed by atoms with E-state index in [1.165, 1.54) is 0 Å². The summed E-state index contributed by atoms with van der Waals surface area (Å²) in [5.74, 6) is 1.44. The third-order valence-electron chi connectivity index (χ3n) is 3.77. The van der Waals surface area contributed by atoms with E-state index in [9.17, 15) is 0 Å². The Balaban J connectivity index is 1.94. The van der Waals surface area contributed by atoms with Crippen LogP contribution in [0.5, 0.6) is 5.75 Å². The van der Waals surface area contributed by atoms with Crippen molar-refractivity contribution in [1.29, 1.82) is 0 Å². The number of ether oxygens (including phenoxy) is 3. The second-order valence-electron chi connectivity index (χ2n) is 5.44. The van der Waals surface area contributed by atoms with E-state index in [0.717, 1.165) is 44.0 Å². The van der Waals surface area contributed by atoms with Crippen LogP contribution in [0.25, 0.3) is 0 Å². The first-order valence-electron chi connectivity index (χ1n) is 7.29. The van der Waals surface area contributed by atoms with Crippen molar-refractivity contribution in [3.8, 4) is 5.75 Å². The lowest BCUT2D eigenvalue weighted by molar-refractivity contribution is -0.0187. The molecule has 2 atom stereocenters. The summed E-state index contributed by atoms with van der Waals surface area (Å²) < 4.78 is 16.6. The minimum Gasteiger partial charge on any atom is -0.497 e. The molecule has 1 saturated heterocycles. The summed E-state index contributed by atoms with van der Waals surface area (Å²) in [6.07, 6.45) is 2.09. The lowest BCUT2D eigenvalue weighted by Crippen LogP contribution is -2.29. The number of hydrogen-bond acceptors (Lipinski definition) is 4. The molecule has 2 N–H and O–H groups in total. The topological polar surface area (TPSA) is 53.7 Å². The quantitative estimate of drug-likeness (QED) is 0.869. The number of rotatable bonds is 6. The van der Waals surface area contributed by atoms with Crippen LogP contribution in [0, 0.1) is 5.92 Å². The zero-order chi connectivity index (χ0) is 14.4. The van der Waals surface area contributed by atoms with E-state index >= 15 is 0 Å². The van der Waals surface area contributed by atoms with Crippen molar-refractivity contribution in [3.05, 3.63) is 29.8 Å². The van der Waals surface area contributed by atoms with Gasteiger partial charge < -0.3 is 19.9 Å². The van der Waals surface area contributed by atoms with Crippen molar-refractivity contribution in [2.24, 2.45) is 11.7 Å². The summed E-state index contributed by atoms with van der Waals surface area (Å²) in [6, 6.07) is 7.90. The summed E-state index contributed by atoms with van der Waals surface area (Å²) in [5.41, 5.74) is 7.18. The molecule has 0 radical (unpaired) electrons. The van der Waals surface area contributed by atoms with E-state index < -0.39 is 0 Å². The molecule has 0 saturated carbocycles. The predicted molar refractivity (Wildman–Crippen MR) is 78.9 cm³/mol. The summed E-state index contributed by atoms with van der Waals surface area (Å²) in [7, 11) is 1.67. The molecule has 20 heavy (non-hydrogen) atoms. The molecule has 1 aromatic carbocycles. The van der Waals surface area contributed by atoms with Gasteiger partial charge in [-0.05, 0) is 43.4 Å². The molecule has 0 spiro atoms. The Kier molecular flexibility index (Phi) is 5.83. The van der Waals surface area contributed by atoms with E-state index in [1.54, 1.807) is 7.11 Å². The van der Waals surface area contributed by atoms with Crippen LogP contribution in [-0.4, -0.2) is 33.0 Å². The molecular weight excluding hydrogens is 254 g/mol. The van der Waals surface area contributed by atoms with Crippen LogP contribution in [0.2, 0.25) is 0 Å². The highest BCUT2D eigenvalue weighted by Gasteiger charge is 2.20. The van der Waals surface area contributed by atoms with Gasteiger partial charge in [-0.15, -0.1) is 0 Å². The molecule has 1 heterocycles. The minimum absolute atomic E-state index is 0.0387. The highest BCUT2D eigenvalue weighted by atomic mass is 16.5. The van der Waals surface area contributed by atoms with Crippen LogP contribution in [0.1, 0.15) is 31.4 Å². The van der Waals surface area contributed by atoms with Gasteiger partial charge in [0.15, 0.2) is 0 Å². The first-order valence-corrected chi connectivity index (χ1v) is 7.29. The number of benzene rings is 1. The van der Waals surface area contributed by atoms with Gasteiger partial charge in [-0.3, -0.25) is 0 Å². The van der Waals surface area contributed by atoms with Crippen molar-refractivity contribution in [2.45, 2.75) is 31.9 Å². The van der Waals surface area contributed by atoms with E-state index in [4.69, 9.17) is 19.9 Å². The SMILES string of the molecule is COc1ccc(C(OCC2CCOCC2)C(C)N)cc1. The molecule has 2 rings (SSSR count). The minimum atomic E-state index is -0.0660. The molecule has 0 bridgehead atoms. The number of methoxy groups -OCH3 is 1. The fourth-order valence-electron chi connectivity index (χ4n) is 2.50. The molecule has 2 unspecified atom stereocenters. The van der Waals surface area contributed by atoms with E-state index in [-0.39, 0.29) is 12.1 Å². The third kappa shape index (κ3) is 4.20. The fourth-order valence-corrected chi connectivity index (χ4v) is 2.50. The summed E-state index contributed by atoms with van der Waals surface area (Å²) in [5, 5.41) is 0. The molecule has 4 nitrogen and oxygen atoms in total. The van der Waals surface area contributed by atoms with Crippen molar-refractivity contribution in [1.82, 2.24) is 0 Å². The monoisotopic (exact) mass is 279 g/mol. The summed E-state index contributed by atoms with van der Waals surface area (Å²) in [6.45, 7) is 4.43. The van der Waals surface area contributed by atoms with Gasteiger partial charge >= 0.3 is 0 Å². The number of hydrogen-bond donors (Lipinski definition) is 1. The van der Waals surface area contributed by atoms with Crippen LogP contribution < -0.4 is 10.5 Å². The molecule has 112 valence electrons. The maximum Gasteiger partial charge on any atom is 0.118 e. The standard InChI is InChI=1S/C16H25NO3/c1-12(17)16(14-3-5-15(18-2)6-4-14)20-11-13-7-9-19-10-8-13/h3-6,12-13,16H,7-11,17H2,1-2H3. The van der Waals surface area contributed by atoms with Crippen LogP contribution in [0.3, 0.4) is 0 Å². The highest BCUT2D eigenvalue weighted by molar-refractivity contribution is 5.29. The van der Waals surface area contributed by atoms with Gasteiger partial charge in [0.25, 0.3) is 0 Å². The van der Waals surface area contributed by atoms with Crippen molar-refractivity contribution >= 4 is 0 Å². The maximum atomic E-state index is 6.08. The van der Waals surface area contributed by atoms with Crippen molar-refractivity contribution in [2.75, 3.05) is 26.9 Å². The second-order valence-corrected chi connectivity index (χ2v) is 5.44. The van der Waals surface area contributed by atoms with E-state index in [2.05, 4.69) is 0 Å². The molecule has 1 aromatic rings. The molecule has 1 fully saturated rings. The maximum absolute atomic E-state index is 6.08. The average molecular weight is 279 g/mol. The molecule has 0 aromatic heterocycles. The molecule has 4 heteroatoms. The normalized spacial score (nSPS) is 19.6. The van der Waals surface area contributed by atoms with Gasteiger partial charge in [0.1, 0.15) is 5.75 Å². The Morgan fingerprint density at radius 2 is 1.90 bits per heavy atom. The molecule has 1 aliphatic rings. The molecule has 0 amide bonds. The highest BCUT2D eigenvalue weighted by Crippen LogP contribution is 2.25. The zero-order valence-electron chi connectivity index (χ0n) is 12.4. The van der Waals surface area contributed by atoms with Gasteiger partial charge in [0.05, 0.1) is 19.8 Å². The van der Waals surface area contributed by atoms with Crippen LogP contribution in [0.4, 0.5) is 0 Å². The fraction of sp³-hybridized carbons (Fsp3) is 0.625. The largest absolute Gasteiger partial charge is 0.497 e. The van der Waals surface area contributed by atoms with Gasteiger partial charge in [0.2, 0.25) is 0 Å². The Morgan fingerprint density at radius 1 is 1.25 bits per heavy atom. The summed E-state index contributed by atoms with van der Waals surface area (Å²) >= 11 is 0. The lowest BCUT2D eigenvalue weighted by Gasteiger charge is -2.27. The van der Waals surface area contributed by atoms with Crippen LogP contribution >= 0.6 is 0 Å². The predicted octanol–water partition coefficient (Wildman–Crippen LogP) is 2.53. The van der Waals surface area contributed by atoms with E-state index in [1.807, 2.05) is 31.2 Å². The van der Waals surface area contributed by atoms with Gasteiger partial charge in [0, 0.05) is 19.3 Å². The Morgan fingerprint density at radius 3 is 2.45 bits per heavy atom. The van der Waals surface area contributed by atoms with Gasteiger partial charge in [-0.2, -0.15) is 0 Å². The first kappa shape index (κ1) is 15.3. The number of nitrogens with two attached hydrogens (primary N) is 1. The van der Waals surface area contributed by atoms with Gasteiger partial charge in [-0.25, -0.2) is 0 Å². The molecule has 1 aliphatic heterocycles. The Bertz CT molecular complexity index is 385. The van der Waals surface area contributed by atoms with Crippen LogP contribution in [-0.2, 0) is 9.47 Å².